The van der Waals surface area contributed by atoms with Crippen molar-refractivity contribution in [2.24, 2.45) is 11.8 Å². The van der Waals surface area contributed by atoms with E-state index in [1.54, 1.807) is 13.8 Å². The van der Waals surface area contributed by atoms with Gasteiger partial charge >= 0.3 is 6.09 Å². The lowest BCUT2D eigenvalue weighted by Gasteiger charge is -2.31. The second-order valence-electron chi connectivity index (χ2n) is 11.1. The third-order valence-corrected chi connectivity index (χ3v) is 6.80. The molecule has 2 heterocycles. The topological polar surface area (TPSA) is 186 Å². The Balaban J connectivity index is 2.19. The third kappa shape index (κ3) is 10.8. The van der Waals surface area contributed by atoms with Crippen molar-refractivity contribution in [3.8, 4) is 0 Å². The molecule has 13 nitrogen and oxygen atoms in total. The molecule has 0 aliphatic carbocycles. The van der Waals surface area contributed by atoms with Gasteiger partial charge in [0.15, 0.2) is 0 Å². The highest BCUT2D eigenvalue weighted by molar-refractivity contribution is 6.38. The van der Waals surface area contributed by atoms with Gasteiger partial charge in [-0.2, -0.15) is 0 Å². The summed E-state index contributed by atoms with van der Waals surface area (Å²) in [5, 5.41) is 22.0. The molecule has 0 radical (unpaired) electrons. The van der Waals surface area contributed by atoms with Crippen LogP contribution in [-0.2, 0) is 24.0 Å². The summed E-state index contributed by atoms with van der Waals surface area (Å²) < 4.78 is 0. The zero-order valence-electron chi connectivity index (χ0n) is 23.4. The van der Waals surface area contributed by atoms with Crippen LogP contribution in [0.3, 0.4) is 0 Å². The molecule has 3 unspecified atom stereocenters. The first-order valence-corrected chi connectivity index (χ1v) is 13.8. The number of hydrogen-bond acceptors (Lipinski definition) is 7. The average molecular weight is 553 g/mol. The number of hydrogen-bond donors (Lipinski definition) is 6. The predicted molar refractivity (Wildman–Crippen MR) is 143 cm³/mol. The highest BCUT2D eigenvalue weighted by Crippen LogP contribution is 2.18. The summed E-state index contributed by atoms with van der Waals surface area (Å²) >= 11 is 0. The predicted octanol–water partition coefficient (Wildman–Crippen LogP) is -0.256. The quantitative estimate of drug-likeness (QED) is 0.159. The van der Waals surface area contributed by atoms with Crippen LogP contribution in [0.2, 0.25) is 0 Å². The van der Waals surface area contributed by atoms with Gasteiger partial charge in [0.25, 0.3) is 5.91 Å². The number of ketones is 1. The van der Waals surface area contributed by atoms with E-state index in [0.717, 1.165) is 32.4 Å². The molecule has 13 heteroatoms. The van der Waals surface area contributed by atoms with Crippen LogP contribution >= 0.6 is 0 Å². The second kappa shape index (κ2) is 15.4. The van der Waals surface area contributed by atoms with Crippen LogP contribution in [0.15, 0.2) is 0 Å². The van der Waals surface area contributed by atoms with Crippen molar-refractivity contribution in [1.82, 2.24) is 31.5 Å². The average Bonchev–Trinajstić information content (AvgIpc) is 3.26. The van der Waals surface area contributed by atoms with Crippen LogP contribution in [0.4, 0.5) is 4.79 Å². The number of piperidine rings is 1. The number of nitrogens with one attached hydrogen (secondary N) is 5. The van der Waals surface area contributed by atoms with Gasteiger partial charge in [-0.05, 0) is 65.0 Å². The smallest absolute Gasteiger partial charge is 0.405 e. The Morgan fingerprint density at radius 3 is 2.05 bits per heavy atom. The zero-order chi connectivity index (χ0) is 29.1. The van der Waals surface area contributed by atoms with Crippen LogP contribution in [0, 0.1) is 11.8 Å². The molecule has 0 aromatic heterocycles. The van der Waals surface area contributed by atoms with E-state index in [-0.39, 0.29) is 37.3 Å². The van der Waals surface area contributed by atoms with E-state index in [4.69, 9.17) is 0 Å². The number of carbonyl (C=O) groups is 6. The van der Waals surface area contributed by atoms with Gasteiger partial charge in [0.1, 0.15) is 12.1 Å². The van der Waals surface area contributed by atoms with Crippen LogP contribution in [0.5, 0.6) is 0 Å². The molecule has 6 N–H and O–H groups in total. The van der Waals surface area contributed by atoms with Crippen LogP contribution in [0.1, 0.15) is 66.2 Å². The Bertz CT molecular complexity index is 903. The minimum atomic E-state index is -1.35. The molecule has 39 heavy (non-hydrogen) atoms. The number of rotatable bonds is 14. The van der Waals surface area contributed by atoms with Crippen molar-refractivity contribution in [3.05, 3.63) is 0 Å². The molecule has 4 atom stereocenters. The Hall–Kier alpha value is -3.22. The van der Waals surface area contributed by atoms with Crippen molar-refractivity contribution >= 4 is 35.5 Å². The van der Waals surface area contributed by atoms with Crippen molar-refractivity contribution in [1.29, 1.82) is 0 Å². The minimum absolute atomic E-state index is 0.0342. The van der Waals surface area contributed by atoms with E-state index in [2.05, 4.69) is 26.6 Å². The van der Waals surface area contributed by atoms with Crippen molar-refractivity contribution in [2.45, 2.75) is 90.4 Å². The van der Waals surface area contributed by atoms with Gasteiger partial charge in [-0.15, -0.1) is 0 Å². The highest BCUT2D eigenvalue weighted by Gasteiger charge is 2.36. The van der Waals surface area contributed by atoms with Crippen molar-refractivity contribution in [2.75, 3.05) is 26.2 Å². The van der Waals surface area contributed by atoms with Crippen molar-refractivity contribution < 1.29 is 33.9 Å². The molecule has 0 aromatic carbocycles. The molecule has 2 rings (SSSR count). The van der Waals surface area contributed by atoms with Gasteiger partial charge in [0.05, 0.1) is 6.04 Å². The van der Waals surface area contributed by atoms with E-state index < -0.39 is 53.6 Å². The van der Waals surface area contributed by atoms with Crippen LogP contribution in [-0.4, -0.2) is 95.9 Å². The number of likely N-dealkylation sites (tertiary alicyclic amines) is 1. The van der Waals surface area contributed by atoms with E-state index in [0.29, 0.717) is 13.0 Å². The monoisotopic (exact) mass is 552 g/mol. The van der Waals surface area contributed by atoms with Gasteiger partial charge in [-0.25, -0.2) is 4.79 Å². The molecule has 220 valence electrons. The Morgan fingerprint density at radius 1 is 0.897 bits per heavy atom. The first-order chi connectivity index (χ1) is 18.4. The molecule has 2 aliphatic heterocycles. The Morgan fingerprint density at radius 2 is 1.51 bits per heavy atom. The number of nitrogens with zero attached hydrogens (tertiary/aromatic N) is 1. The summed E-state index contributed by atoms with van der Waals surface area (Å²) in [6.45, 7) is 9.21. The first-order valence-electron chi connectivity index (χ1n) is 13.8. The summed E-state index contributed by atoms with van der Waals surface area (Å²) in [4.78, 5) is 77.7. The molecule has 0 saturated carbocycles. The molecule has 2 saturated heterocycles. The van der Waals surface area contributed by atoms with Gasteiger partial charge in [-0.3, -0.25) is 24.0 Å². The number of amides is 5. The molecule has 5 amide bonds. The Labute approximate surface area is 229 Å². The SMILES string of the molecule is CC(C)CC(NC(=O)C(CN1CCCCC1)NC(=O)O)C(=O)NC(C[C@@H]1CCNC1=O)C(=O)C(=O)NC(C)C. The van der Waals surface area contributed by atoms with E-state index in [9.17, 15) is 33.9 Å². The fourth-order valence-electron chi connectivity index (χ4n) is 4.87. The molecule has 0 aromatic rings. The molecule has 0 bridgehead atoms. The molecule has 0 spiro atoms. The lowest BCUT2D eigenvalue weighted by molar-refractivity contribution is -0.141. The molecular weight excluding hydrogens is 508 g/mol. The van der Waals surface area contributed by atoms with Gasteiger partial charge in [0.2, 0.25) is 23.5 Å². The standard InChI is InChI=1S/C26H44N6O7/c1-15(2)12-19(30-24(36)20(31-26(38)39)14-32-10-6-5-7-11-32)23(35)29-18(13-17-8-9-27-22(17)34)21(33)25(37)28-16(3)4/h15-20,31H,5-14H2,1-4H3,(H,27,34)(H,28,37)(H,29,35)(H,30,36)(H,38,39)/t17-,18?,19?,20?/m0/s1. The van der Waals surface area contributed by atoms with Crippen LogP contribution in [0.25, 0.3) is 0 Å². The Kier molecular flexibility index (Phi) is 12.6. The first kappa shape index (κ1) is 32.0. The third-order valence-electron chi connectivity index (χ3n) is 6.80. The van der Waals surface area contributed by atoms with E-state index >= 15 is 0 Å². The van der Waals surface area contributed by atoms with Crippen LogP contribution < -0.4 is 26.6 Å². The normalized spacial score (nSPS) is 20.1. The van der Waals surface area contributed by atoms with E-state index in [1.165, 1.54) is 0 Å². The molecule has 2 aliphatic rings. The fourth-order valence-corrected chi connectivity index (χ4v) is 4.87. The maximum absolute atomic E-state index is 13.4. The lowest BCUT2D eigenvalue weighted by Crippen LogP contribution is -2.59. The molecule has 2 fully saturated rings. The summed E-state index contributed by atoms with van der Waals surface area (Å²) in [5.41, 5.74) is 0. The van der Waals surface area contributed by atoms with Crippen molar-refractivity contribution in [3.63, 3.8) is 0 Å². The molecular formula is C26H44N6O7. The fraction of sp³-hybridized carbons (Fsp3) is 0.769. The largest absolute Gasteiger partial charge is 0.465 e. The highest BCUT2D eigenvalue weighted by atomic mass is 16.4. The van der Waals surface area contributed by atoms with Gasteiger partial charge < -0.3 is 36.6 Å². The number of Topliss-reactive ketones (excluding diaryl/α,β-unsaturated/α-hetero) is 1. The summed E-state index contributed by atoms with van der Waals surface area (Å²) in [6.07, 6.45) is 2.27. The zero-order valence-corrected chi connectivity index (χ0v) is 23.4. The van der Waals surface area contributed by atoms with E-state index in [1.807, 2.05) is 18.7 Å². The van der Waals surface area contributed by atoms with Gasteiger partial charge in [0, 0.05) is 25.0 Å². The number of carboxylic acid groups (broad SMARTS) is 1. The maximum Gasteiger partial charge on any atom is 0.405 e. The lowest BCUT2D eigenvalue weighted by atomic mass is 9.94. The summed E-state index contributed by atoms with van der Waals surface area (Å²) in [5.74, 6) is -3.91. The summed E-state index contributed by atoms with van der Waals surface area (Å²) in [6, 6.07) is -3.76. The van der Waals surface area contributed by atoms with Gasteiger partial charge in [-0.1, -0.05) is 20.3 Å². The maximum atomic E-state index is 13.4. The second-order valence-corrected chi connectivity index (χ2v) is 11.1. The summed E-state index contributed by atoms with van der Waals surface area (Å²) in [7, 11) is 0. The minimum Gasteiger partial charge on any atom is -0.465 e. The number of carbonyl (C=O) groups excluding carboxylic acids is 5.